The number of fused-ring (bicyclic) bond motifs is 1. The number of hydrogen-bond acceptors (Lipinski definition) is 4. The first-order valence-corrected chi connectivity index (χ1v) is 5.95. The number of amides is 1. The van der Waals surface area contributed by atoms with Crippen molar-refractivity contribution in [1.82, 2.24) is 20.2 Å². The van der Waals surface area contributed by atoms with Gasteiger partial charge in [-0.25, -0.2) is 4.98 Å². The lowest BCUT2D eigenvalue weighted by atomic mass is 10.2. The molecule has 3 rings (SSSR count). The van der Waals surface area contributed by atoms with E-state index in [4.69, 9.17) is 0 Å². The van der Waals surface area contributed by atoms with Crippen LogP contribution in [0.15, 0.2) is 35.4 Å². The van der Waals surface area contributed by atoms with Gasteiger partial charge >= 0.3 is 0 Å². The van der Waals surface area contributed by atoms with Crippen molar-refractivity contribution >= 4 is 22.8 Å². The maximum atomic E-state index is 12.3. The second kappa shape index (κ2) is 4.61. The molecule has 0 fully saturated rings. The molecule has 0 saturated heterocycles. The smallest absolute Gasteiger partial charge is 0.262 e. The van der Waals surface area contributed by atoms with Crippen LogP contribution in [0.1, 0.15) is 16.1 Å². The van der Waals surface area contributed by atoms with Gasteiger partial charge in [0.25, 0.3) is 5.91 Å². The summed E-state index contributed by atoms with van der Waals surface area (Å²) in [6.45, 7) is 1.83. The molecule has 7 nitrogen and oxygen atoms in total. The summed E-state index contributed by atoms with van der Waals surface area (Å²) >= 11 is 0. The lowest BCUT2D eigenvalue weighted by Crippen LogP contribution is -2.22. The highest BCUT2D eigenvalue weighted by atomic mass is 16.2. The van der Waals surface area contributed by atoms with Crippen LogP contribution in [-0.4, -0.2) is 26.1 Å². The third kappa shape index (κ3) is 2.05. The van der Waals surface area contributed by atoms with Crippen LogP contribution >= 0.6 is 0 Å². The Morgan fingerprint density at radius 3 is 2.90 bits per heavy atom. The van der Waals surface area contributed by atoms with Gasteiger partial charge in [0.1, 0.15) is 17.0 Å². The molecule has 0 aliphatic rings. The minimum atomic E-state index is -0.502. The van der Waals surface area contributed by atoms with E-state index in [1.54, 1.807) is 18.2 Å². The Hall–Kier alpha value is -2.96. The first kappa shape index (κ1) is 12.1. The van der Waals surface area contributed by atoms with Gasteiger partial charge in [0.2, 0.25) is 5.43 Å². The molecule has 0 saturated carbocycles. The third-order valence-corrected chi connectivity index (χ3v) is 2.87. The Morgan fingerprint density at radius 1 is 1.30 bits per heavy atom. The van der Waals surface area contributed by atoms with E-state index in [1.165, 1.54) is 12.4 Å². The van der Waals surface area contributed by atoms with E-state index < -0.39 is 5.91 Å². The fraction of sp³-hybridized carbons (Fsp3) is 0.0769. The number of nitrogens with zero attached hydrogens (tertiary/aromatic N) is 2. The Kier molecular flexibility index (Phi) is 2.79. The van der Waals surface area contributed by atoms with Crippen LogP contribution in [-0.2, 0) is 0 Å². The summed E-state index contributed by atoms with van der Waals surface area (Å²) in [6.07, 6.45) is 2.87. The van der Waals surface area contributed by atoms with Crippen molar-refractivity contribution < 1.29 is 4.79 Å². The van der Waals surface area contributed by atoms with E-state index in [2.05, 4.69) is 25.5 Å². The van der Waals surface area contributed by atoms with E-state index in [0.717, 1.165) is 5.69 Å². The van der Waals surface area contributed by atoms with Gasteiger partial charge in [-0.1, -0.05) is 0 Å². The maximum Gasteiger partial charge on any atom is 0.262 e. The Balaban J connectivity index is 2.04. The number of H-pyrrole nitrogens is 2. The summed E-state index contributed by atoms with van der Waals surface area (Å²) in [5, 5.41) is 9.25. The predicted molar refractivity (Wildman–Crippen MR) is 73.6 cm³/mol. The first-order chi connectivity index (χ1) is 9.65. The first-order valence-electron chi connectivity index (χ1n) is 5.95. The standard InChI is InChI=1S/C13H11N5O2/c1-7-2-3-8-11(19)9(6-14-12(8)16-7)13(20)17-10-4-5-15-18-10/h2-6H,1H3,(H,14,16,19)(H2,15,17,18,20). The molecule has 0 radical (unpaired) electrons. The minimum Gasteiger partial charge on any atom is -0.345 e. The second-order valence-electron chi connectivity index (χ2n) is 4.30. The molecule has 3 N–H and O–H groups in total. The number of rotatable bonds is 2. The number of aromatic amines is 2. The van der Waals surface area contributed by atoms with Gasteiger partial charge in [0, 0.05) is 18.0 Å². The zero-order chi connectivity index (χ0) is 14.1. The van der Waals surface area contributed by atoms with Crippen LogP contribution in [0, 0.1) is 6.92 Å². The minimum absolute atomic E-state index is 0.0257. The van der Waals surface area contributed by atoms with Gasteiger partial charge in [-0.2, -0.15) is 5.10 Å². The molecule has 100 valence electrons. The quantitative estimate of drug-likeness (QED) is 0.650. The summed E-state index contributed by atoms with van der Waals surface area (Å²) in [6, 6.07) is 4.98. The highest BCUT2D eigenvalue weighted by Crippen LogP contribution is 2.08. The number of carbonyl (C=O) groups is 1. The molecule has 20 heavy (non-hydrogen) atoms. The van der Waals surface area contributed by atoms with Crippen molar-refractivity contribution in [2.75, 3.05) is 5.32 Å². The Bertz CT molecular complexity index is 836. The summed E-state index contributed by atoms with van der Waals surface area (Å²) < 4.78 is 0. The molecule has 1 amide bonds. The zero-order valence-electron chi connectivity index (χ0n) is 10.6. The third-order valence-electron chi connectivity index (χ3n) is 2.87. The molecule has 0 aliphatic carbocycles. The topological polar surface area (TPSA) is 104 Å². The Morgan fingerprint density at radius 2 is 2.15 bits per heavy atom. The van der Waals surface area contributed by atoms with Gasteiger partial charge in [0.15, 0.2) is 0 Å². The van der Waals surface area contributed by atoms with Crippen LogP contribution < -0.4 is 10.7 Å². The normalized spacial score (nSPS) is 10.7. The lowest BCUT2D eigenvalue weighted by Gasteiger charge is -2.04. The predicted octanol–water partition coefficient (Wildman–Crippen LogP) is 1.21. The highest BCUT2D eigenvalue weighted by Gasteiger charge is 2.14. The molecule has 0 spiro atoms. The monoisotopic (exact) mass is 269 g/mol. The zero-order valence-corrected chi connectivity index (χ0v) is 10.6. The number of anilines is 1. The number of pyridine rings is 2. The number of hydrogen-bond donors (Lipinski definition) is 3. The van der Waals surface area contributed by atoms with Crippen molar-refractivity contribution in [3.63, 3.8) is 0 Å². The van der Waals surface area contributed by atoms with Gasteiger partial charge in [-0.05, 0) is 19.1 Å². The second-order valence-corrected chi connectivity index (χ2v) is 4.30. The van der Waals surface area contributed by atoms with Gasteiger partial charge in [0.05, 0.1) is 11.6 Å². The maximum absolute atomic E-state index is 12.3. The van der Waals surface area contributed by atoms with Crippen LogP contribution in [0.3, 0.4) is 0 Å². The van der Waals surface area contributed by atoms with Crippen LogP contribution in [0.5, 0.6) is 0 Å². The van der Waals surface area contributed by atoms with Crippen LogP contribution in [0.2, 0.25) is 0 Å². The van der Waals surface area contributed by atoms with Crippen molar-refractivity contribution in [2.45, 2.75) is 6.92 Å². The summed E-state index contributed by atoms with van der Waals surface area (Å²) in [7, 11) is 0. The molecule has 0 atom stereocenters. The Labute approximate surface area is 113 Å². The van der Waals surface area contributed by atoms with E-state index in [1.807, 2.05) is 6.92 Å². The molecule has 3 aromatic rings. The van der Waals surface area contributed by atoms with Crippen molar-refractivity contribution in [1.29, 1.82) is 0 Å². The van der Waals surface area contributed by atoms with E-state index >= 15 is 0 Å². The molecule has 3 aromatic heterocycles. The molecule has 0 unspecified atom stereocenters. The molecule has 3 heterocycles. The van der Waals surface area contributed by atoms with Gasteiger partial charge < -0.3 is 10.3 Å². The fourth-order valence-electron chi connectivity index (χ4n) is 1.88. The molecular weight excluding hydrogens is 258 g/mol. The largest absolute Gasteiger partial charge is 0.345 e. The van der Waals surface area contributed by atoms with Crippen LogP contribution in [0.4, 0.5) is 5.82 Å². The summed E-state index contributed by atoms with van der Waals surface area (Å²) in [5.41, 5.74) is 0.928. The van der Waals surface area contributed by atoms with Gasteiger partial charge in [-0.3, -0.25) is 14.7 Å². The van der Waals surface area contributed by atoms with Crippen molar-refractivity contribution in [2.24, 2.45) is 0 Å². The lowest BCUT2D eigenvalue weighted by molar-refractivity contribution is 0.102. The number of carbonyl (C=O) groups excluding carboxylic acids is 1. The number of nitrogens with one attached hydrogen (secondary N) is 3. The average Bonchev–Trinajstić information content (AvgIpc) is 2.91. The van der Waals surface area contributed by atoms with Crippen molar-refractivity contribution in [3.05, 3.63) is 52.1 Å². The van der Waals surface area contributed by atoms with Gasteiger partial charge in [-0.15, -0.1) is 0 Å². The van der Waals surface area contributed by atoms with E-state index in [-0.39, 0.29) is 11.0 Å². The molecule has 7 heteroatoms. The number of aryl methyl sites for hydroxylation is 1. The molecular formula is C13H11N5O2. The van der Waals surface area contributed by atoms with E-state index in [0.29, 0.717) is 16.9 Å². The van der Waals surface area contributed by atoms with E-state index in [9.17, 15) is 9.59 Å². The summed E-state index contributed by atoms with van der Waals surface area (Å²) in [4.78, 5) is 31.4. The summed E-state index contributed by atoms with van der Waals surface area (Å²) in [5.74, 6) is -0.0745. The molecule has 0 aromatic carbocycles. The fourth-order valence-corrected chi connectivity index (χ4v) is 1.88. The SMILES string of the molecule is Cc1ccc2c(=O)c(C(=O)Nc3ccn[nH]3)c[nH]c2n1. The average molecular weight is 269 g/mol. The molecule has 0 aliphatic heterocycles. The molecule has 0 bridgehead atoms. The highest BCUT2D eigenvalue weighted by molar-refractivity contribution is 6.04. The van der Waals surface area contributed by atoms with Crippen LogP contribution in [0.25, 0.3) is 11.0 Å². The van der Waals surface area contributed by atoms with Crippen molar-refractivity contribution in [3.8, 4) is 0 Å². The number of aromatic nitrogens is 4.